The molecule has 0 spiro atoms. The first-order valence-electron chi connectivity index (χ1n) is 9.07. The van der Waals surface area contributed by atoms with Crippen molar-refractivity contribution >= 4 is 0 Å². The van der Waals surface area contributed by atoms with Crippen LogP contribution in [0.25, 0.3) is 11.1 Å². The summed E-state index contributed by atoms with van der Waals surface area (Å²) in [6.45, 7) is 4.29. The average molecular weight is 328 g/mol. The Morgan fingerprint density at radius 2 is 1.12 bits per heavy atom. The highest BCUT2D eigenvalue weighted by molar-refractivity contribution is 5.63. The molecule has 0 unspecified atom stereocenters. The first-order chi connectivity index (χ1) is 12.4. The standard InChI is InChI=1S/C23H24N2/c1-3-7-19(8-4-1)20-11-13-22(14-12-20)23(21-9-5-2-6-10-21)25-17-15-24-16-18-25/h1-14,23-24H,15-18H2/t23-/m1/s1. The molecule has 2 heteroatoms. The van der Waals surface area contributed by atoms with E-state index in [2.05, 4.69) is 95.1 Å². The van der Waals surface area contributed by atoms with Crippen molar-refractivity contribution in [1.82, 2.24) is 10.2 Å². The molecule has 0 bridgehead atoms. The van der Waals surface area contributed by atoms with E-state index < -0.39 is 0 Å². The van der Waals surface area contributed by atoms with Crippen LogP contribution in [0.3, 0.4) is 0 Å². The van der Waals surface area contributed by atoms with Gasteiger partial charge in [0.1, 0.15) is 0 Å². The van der Waals surface area contributed by atoms with E-state index in [9.17, 15) is 0 Å². The van der Waals surface area contributed by atoms with E-state index in [0.29, 0.717) is 6.04 Å². The highest BCUT2D eigenvalue weighted by Crippen LogP contribution is 2.30. The highest BCUT2D eigenvalue weighted by Gasteiger charge is 2.23. The Hall–Kier alpha value is -2.42. The van der Waals surface area contributed by atoms with Gasteiger partial charge in [-0.15, -0.1) is 0 Å². The third-order valence-electron chi connectivity index (χ3n) is 4.97. The summed E-state index contributed by atoms with van der Waals surface area (Å²) in [5.74, 6) is 0. The van der Waals surface area contributed by atoms with Crippen molar-refractivity contribution in [1.29, 1.82) is 0 Å². The third kappa shape index (κ3) is 3.65. The largest absolute Gasteiger partial charge is 0.314 e. The Morgan fingerprint density at radius 1 is 0.600 bits per heavy atom. The van der Waals surface area contributed by atoms with E-state index in [1.807, 2.05) is 0 Å². The zero-order valence-corrected chi connectivity index (χ0v) is 14.4. The lowest BCUT2D eigenvalue weighted by molar-refractivity contribution is 0.198. The summed E-state index contributed by atoms with van der Waals surface area (Å²) in [7, 11) is 0. The van der Waals surface area contributed by atoms with Crippen LogP contribution in [0.15, 0.2) is 84.9 Å². The average Bonchev–Trinajstić information content (AvgIpc) is 2.71. The Balaban J connectivity index is 1.67. The second-order valence-corrected chi connectivity index (χ2v) is 6.59. The van der Waals surface area contributed by atoms with Crippen LogP contribution in [0.4, 0.5) is 0 Å². The molecule has 0 aliphatic carbocycles. The van der Waals surface area contributed by atoms with Crippen LogP contribution in [-0.2, 0) is 0 Å². The van der Waals surface area contributed by atoms with Crippen LogP contribution in [0.2, 0.25) is 0 Å². The maximum Gasteiger partial charge on any atom is 0.0602 e. The monoisotopic (exact) mass is 328 g/mol. The maximum absolute atomic E-state index is 3.46. The molecule has 1 saturated heterocycles. The molecular weight excluding hydrogens is 304 g/mol. The molecule has 0 amide bonds. The Labute approximate surface area is 150 Å². The fourth-order valence-corrected chi connectivity index (χ4v) is 3.68. The van der Waals surface area contributed by atoms with Crippen LogP contribution in [0, 0.1) is 0 Å². The van der Waals surface area contributed by atoms with Crippen molar-refractivity contribution in [3.63, 3.8) is 0 Å². The fourth-order valence-electron chi connectivity index (χ4n) is 3.68. The smallest absolute Gasteiger partial charge is 0.0602 e. The quantitative estimate of drug-likeness (QED) is 0.766. The second-order valence-electron chi connectivity index (χ2n) is 6.59. The van der Waals surface area contributed by atoms with Crippen molar-refractivity contribution in [2.45, 2.75) is 6.04 Å². The molecule has 0 saturated carbocycles. The molecule has 1 fully saturated rings. The SMILES string of the molecule is c1ccc(-c2ccc([C@@H](c3ccccc3)N3CCNCC3)cc2)cc1. The lowest BCUT2D eigenvalue weighted by Crippen LogP contribution is -2.45. The van der Waals surface area contributed by atoms with E-state index in [1.165, 1.54) is 22.3 Å². The molecule has 1 heterocycles. The van der Waals surface area contributed by atoms with Crippen molar-refractivity contribution in [3.8, 4) is 11.1 Å². The zero-order chi connectivity index (χ0) is 16.9. The highest BCUT2D eigenvalue weighted by atomic mass is 15.2. The number of hydrogen-bond donors (Lipinski definition) is 1. The minimum absolute atomic E-state index is 0.327. The summed E-state index contributed by atoms with van der Waals surface area (Å²) in [4.78, 5) is 2.59. The van der Waals surface area contributed by atoms with Crippen molar-refractivity contribution in [3.05, 3.63) is 96.1 Å². The van der Waals surface area contributed by atoms with Gasteiger partial charge in [0, 0.05) is 26.2 Å². The minimum atomic E-state index is 0.327. The van der Waals surface area contributed by atoms with Gasteiger partial charge in [0.2, 0.25) is 0 Å². The minimum Gasteiger partial charge on any atom is -0.314 e. The third-order valence-corrected chi connectivity index (χ3v) is 4.97. The molecule has 3 aromatic carbocycles. The molecule has 0 radical (unpaired) electrons. The number of nitrogens with one attached hydrogen (secondary N) is 1. The van der Waals surface area contributed by atoms with Gasteiger partial charge in [0.15, 0.2) is 0 Å². The normalized spacial score (nSPS) is 16.5. The summed E-state index contributed by atoms with van der Waals surface area (Å²) in [6.07, 6.45) is 0. The van der Waals surface area contributed by atoms with E-state index in [1.54, 1.807) is 0 Å². The summed E-state index contributed by atoms with van der Waals surface area (Å²) in [6, 6.07) is 30.9. The first-order valence-corrected chi connectivity index (χ1v) is 9.07. The predicted octanol–water partition coefficient (Wildman–Crippen LogP) is 4.35. The summed E-state index contributed by atoms with van der Waals surface area (Å²) in [5, 5.41) is 3.46. The molecule has 25 heavy (non-hydrogen) atoms. The Morgan fingerprint density at radius 3 is 1.76 bits per heavy atom. The van der Waals surface area contributed by atoms with Gasteiger partial charge in [-0.25, -0.2) is 0 Å². The first kappa shape index (κ1) is 16.1. The molecule has 126 valence electrons. The van der Waals surface area contributed by atoms with E-state index in [4.69, 9.17) is 0 Å². The van der Waals surface area contributed by atoms with Gasteiger partial charge in [-0.05, 0) is 22.3 Å². The van der Waals surface area contributed by atoms with Gasteiger partial charge in [-0.1, -0.05) is 84.9 Å². The molecule has 1 N–H and O–H groups in total. The van der Waals surface area contributed by atoms with Crippen LogP contribution < -0.4 is 5.32 Å². The van der Waals surface area contributed by atoms with Gasteiger partial charge < -0.3 is 5.32 Å². The van der Waals surface area contributed by atoms with Gasteiger partial charge in [-0.2, -0.15) is 0 Å². The van der Waals surface area contributed by atoms with Crippen molar-refractivity contribution in [2.24, 2.45) is 0 Å². The van der Waals surface area contributed by atoms with Crippen LogP contribution in [0.5, 0.6) is 0 Å². The van der Waals surface area contributed by atoms with Gasteiger partial charge >= 0.3 is 0 Å². The molecule has 4 rings (SSSR count). The van der Waals surface area contributed by atoms with Crippen LogP contribution in [-0.4, -0.2) is 31.1 Å². The van der Waals surface area contributed by atoms with Gasteiger partial charge in [0.25, 0.3) is 0 Å². The van der Waals surface area contributed by atoms with E-state index >= 15 is 0 Å². The Kier molecular flexibility index (Phi) is 4.91. The summed E-state index contributed by atoms with van der Waals surface area (Å²) >= 11 is 0. The predicted molar refractivity (Wildman–Crippen MR) is 105 cm³/mol. The van der Waals surface area contributed by atoms with E-state index in [-0.39, 0.29) is 0 Å². The zero-order valence-electron chi connectivity index (χ0n) is 14.4. The summed E-state index contributed by atoms with van der Waals surface area (Å²) in [5.41, 5.74) is 5.29. The van der Waals surface area contributed by atoms with Crippen LogP contribution >= 0.6 is 0 Å². The number of hydrogen-bond acceptors (Lipinski definition) is 2. The molecular formula is C23H24N2. The van der Waals surface area contributed by atoms with Gasteiger partial charge in [-0.3, -0.25) is 4.90 Å². The number of benzene rings is 3. The molecule has 0 aromatic heterocycles. The topological polar surface area (TPSA) is 15.3 Å². The van der Waals surface area contributed by atoms with Crippen molar-refractivity contribution in [2.75, 3.05) is 26.2 Å². The maximum atomic E-state index is 3.46. The van der Waals surface area contributed by atoms with E-state index in [0.717, 1.165) is 26.2 Å². The van der Waals surface area contributed by atoms with Gasteiger partial charge in [0.05, 0.1) is 6.04 Å². The Bertz CT molecular complexity index is 775. The second kappa shape index (κ2) is 7.64. The summed E-state index contributed by atoms with van der Waals surface area (Å²) < 4.78 is 0. The molecule has 1 atom stereocenters. The molecule has 1 aliphatic rings. The van der Waals surface area contributed by atoms with Crippen molar-refractivity contribution < 1.29 is 0 Å². The number of rotatable bonds is 4. The lowest BCUT2D eigenvalue weighted by atomic mass is 9.94. The molecule has 1 aliphatic heterocycles. The fraction of sp³-hybridized carbons (Fsp3) is 0.217. The number of nitrogens with zero attached hydrogens (tertiary/aromatic N) is 1. The van der Waals surface area contributed by atoms with Crippen LogP contribution in [0.1, 0.15) is 17.2 Å². The number of piperazine rings is 1. The lowest BCUT2D eigenvalue weighted by Gasteiger charge is -2.35. The molecule has 3 aromatic rings. The molecule has 2 nitrogen and oxygen atoms in total.